The van der Waals surface area contributed by atoms with E-state index in [9.17, 15) is 0 Å². The number of pyridine rings is 1. The molecule has 1 heterocycles. The van der Waals surface area contributed by atoms with Gasteiger partial charge in [-0.2, -0.15) is 0 Å². The summed E-state index contributed by atoms with van der Waals surface area (Å²) >= 11 is 9.25. The summed E-state index contributed by atoms with van der Waals surface area (Å²) in [6, 6.07) is 3.95. The van der Waals surface area contributed by atoms with E-state index >= 15 is 0 Å². The second kappa shape index (κ2) is 4.49. The lowest BCUT2D eigenvalue weighted by Crippen LogP contribution is -2.43. The quantitative estimate of drug-likeness (QED) is 0.788. The van der Waals surface area contributed by atoms with Crippen molar-refractivity contribution >= 4 is 33.3 Å². The monoisotopic (exact) mass is 276 g/mol. The predicted octanol–water partition coefficient (Wildman–Crippen LogP) is 3.30. The van der Waals surface area contributed by atoms with Crippen LogP contribution in [0.4, 0.5) is 5.82 Å². The van der Waals surface area contributed by atoms with E-state index in [0.29, 0.717) is 5.88 Å². The van der Waals surface area contributed by atoms with Gasteiger partial charge in [0.1, 0.15) is 5.82 Å². The van der Waals surface area contributed by atoms with E-state index in [-0.39, 0.29) is 5.54 Å². The van der Waals surface area contributed by atoms with Crippen LogP contribution in [0.2, 0.25) is 0 Å². The smallest absolute Gasteiger partial charge is 0.128 e. The lowest BCUT2D eigenvalue weighted by Gasteiger charge is -2.34. The highest BCUT2D eigenvalue weighted by molar-refractivity contribution is 9.10. The van der Waals surface area contributed by atoms with Crippen LogP contribution in [-0.2, 0) is 0 Å². The highest BCUT2D eigenvalue weighted by Crippen LogP contribution is 2.22. The van der Waals surface area contributed by atoms with Crippen molar-refractivity contribution in [3.63, 3.8) is 0 Å². The van der Waals surface area contributed by atoms with Crippen molar-refractivity contribution in [2.75, 3.05) is 17.8 Å². The molecule has 4 heteroatoms. The van der Waals surface area contributed by atoms with Gasteiger partial charge in [-0.15, -0.1) is 11.6 Å². The van der Waals surface area contributed by atoms with Crippen molar-refractivity contribution in [3.05, 3.63) is 22.8 Å². The van der Waals surface area contributed by atoms with Gasteiger partial charge in [0.2, 0.25) is 0 Å². The van der Waals surface area contributed by atoms with Crippen molar-refractivity contribution in [2.45, 2.75) is 19.4 Å². The number of halogens is 2. The molecule has 0 saturated heterocycles. The molecule has 0 aliphatic heterocycles. The SMILES string of the molecule is CN(c1ccc(Br)cn1)C(C)(C)CCl. The van der Waals surface area contributed by atoms with Crippen LogP contribution >= 0.6 is 27.5 Å². The van der Waals surface area contributed by atoms with Gasteiger partial charge < -0.3 is 4.90 Å². The molecular weight excluding hydrogens is 263 g/mol. The first-order valence-corrected chi connectivity index (χ1v) is 5.71. The topological polar surface area (TPSA) is 16.1 Å². The van der Waals surface area contributed by atoms with Crippen molar-refractivity contribution < 1.29 is 0 Å². The molecule has 0 fully saturated rings. The Hall–Kier alpha value is -0.280. The second-order valence-electron chi connectivity index (χ2n) is 3.84. The maximum atomic E-state index is 5.89. The number of nitrogens with zero attached hydrogens (tertiary/aromatic N) is 2. The Kier molecular flexibility index (Phi) is 3.78. The number of aromatic nitrogens is 1. The summed E-state index contributed by atoms with van der Waals surface area (Å²) in [5.41, 5.74) is -0.0810. The van der Waals surface area contributed by atoms with Crippen LogP contribution in [0, 0.1) is 0 Å². The fraction of sp³-hybridized carbons (Fsp3) is 0.500. The normalized spacial score (nSPS) is 11.5. The number of alkyl halides is 1. The van der Waals surface area contributed by atoms with Gasteiger partial charge in [-0.1, -0.05) is 0 Å². The van der Waals surface area contributed by atoms with E-state index in [1.807, 2.05) is 19.2 Å². The predicted molar refractivity (Wildman–Crippen MR) is 65.1 cm³/mol. The summed E-state index contributed by atoms with van der Waals surface area (Å²) < 4.78 is 0.985. The third-order valence-electron chi connectivity index (χ3n) is 2.29. The fourth-order valence-corrected chi connectivity index (χ4v) is 1.38. The molecule has 0 N–H and O–H groups in total. The van der Waals surface area contributed by atoms with Crippen LogP contribution < -0.4 is 4.90 Å². The van der Waals surface area contributed by atoms with E-state index in [1.54, 1.807) is 6.20 Å². The van der Waals surface area contributed by atoms with Crippen LogP contribution in [0.3, 0.4) is 0 Å². The summed E-state index contributed by atoms with van der Waals surface area (Å²) in [6.45, 7) is 4.17. The average Bonchev–Trinajstić information content (AvgIpc) is 2.18. The minimum absolute atomic E-state index is 0.0810. The molecule has 0 aliphatic carbocycles. The first-order valence-electron chi connectivity index (χ1n) is 4.39. The zero-order valence-corrected chi connectivity index (χ0v) is 10.9. The first-order chi connectivity index (χ1) is 6.47. The molecule has 14 heavy (non-hydrogen) atoms. The number of hydrogen-bond acceptors (Lipinski definition) is 2. The van der Waals surface area contributed by atoms with Gasteiger partial charge in [0.15, 0.2) is 0 Å². The minimum Gasteiger partial charge on any atom is -0.353 e. The van der Waals surface area contributed by atoms with Gasteiger partial charge in [0.05, 0.1) is 0 Å². The van der Waals surface area contributed by atoms with Crippen LogP contribution in [-0.4, -0.2) is 23.5 Å². The molecule has 2 nitrogen and oxygen atoms in total. The minimum atomic E-state index is -0.0810. The Balaban J connectivity index is 2.89. The van der Waals surface area contributed by atoms with Crippen molar-refractivity contribution in [3.8, 4) is 0 Å². The molecule has 0 aliphatic rings. The van der Waals surface area contributed by atoms with Gasteiger partial charge in [-0.05, 0) is 41.9 Å². The highest BCUT2D eigenvalue weighted by Gasteiger charge is 2.23. The molecule has 1 aromatic heterocycles. The van der Waals surface area contributed by atoms with E-state index in [4.69, 9.17) is 11.6 Å². The van der Waals surface area contributed by atoms with E-state index < -0.39 is 0 Å². The van der Waals surface area contributed by atoms with Gasteiger partial charge in [0, 0.05) is 29.1 Å². The average molecular weight is 278 g/mol. The van der Waals surface area contributed by atoms with Gasteiger partial charge in [-0.25, -0.2) is 4.98 Å². The van der Waals surface area contributed by atoms with Gasteiger partial charge in [0.25, 0.3) is 0 Å². The molecule has 0 amide bonds. The molecule has 0 spiro atoms. The van der Waals surface area contributed by atoms with Gasteiger partial charge >= 0.3 is 0 Å². The zero-order valence-electron chi connectivity index (χ0n) is 8.59. The number of hydrogen-bond donors (Lipinski definition) is 0. The molecule has 0 atom stereocenters. The Morgan fingerprint density at radius 1 is 1.50 bits per heavy atom. The first kappa shape index (κ1) is 11.8. The highest BCUT2D eigenvalue weighted by atomic mass is 79.9. The van der Waals surface area contributed by atoms with E-state index in [1.165, 1.54) is 0 Å². The maximum Gasteiger partial charge on any atom is 0.128 e. The van der Waals surface area contributed by atoms with Crippen molar-refractivity contribution in [1.82, 2.24) is 4.98 Å². The molecule has 1 rings (SSSR count). The zero-order chi connectivity index (χ0) is 10.8. The Morgan fingerprint density at radius 3 is 2.57 bits per heavy atom. The summed E-state index contributed by atoms with van der Waals surface area (Å²) in [5, 5.41) is 0. The summed E-state index contributed by atoms with van der Waals surface area (Å²) in [5.74, 6) is 1.50. The third kappa shape index (κ3) is 2.61. The molecular formula is C10H14BrClN2. The Bertz CT molecular complexity index is 297. The second-order valence-corrected chi connectivity index (χ2v) is 5.02. The van der Waals surface area contributed by atoms with Crippen LogP contribution in [0.1, 0.15) is 13.8 Å². The van der Waals surface area contributed by atoms with E-state index in [0.717, 1.165) is 10.3 Å². The fourth-order valence-electron chi connectivity index (χ4n) is 0.966. The molecule has 0 radical (unpaired) electrons. The van der Waals surface area contributed by atoms with Crippen molar-refractivity contribution in [2.24, 2.45) is 0 Å². The molecule has 78 valence electrons. The Morgan fingerprint density at radius 2 is 2.14 bits per heavy atom. The summed E-state index contributed by atoms with van der Waals surface area (Å²) in [7, 11) is 2.00. The molecule has 1 aromatic rings. The van der Waals surface area contributed by atoms with Gasteiger partial charge in [-0.3, -0.25) is 0 Å². The maximum absolute atomic E-state index is 5.89. The third-order valence-corrected chi connectivity index (χ3v) is 3.41. The van der Waals surface area contributed by atoms with Crippen molar-refractivity contribution in [1.29, 1.82) is 0 Å². The van der Waals surface area contributed by atoms with E-state index in [2.05, 4.69) is 39.7 Å². The molecule has 0 bridgehead atoms. The molecule has 0 saturated carbocycles. The number of anilines is 1. The summed E-state index contributed by atoms with van der Waals surface area (Å²) in [4.78, 5) is 6.39. The number of rotatable bonds is 3. The van der Waals surface area contributed by atoms with Crippen LogP contribution in [0.5, 0.6) is 0 Å². The van der Waals surface area contributed by atoms with Crippen LogP contribution in [0.15, 0.2) is 22.8 Å². The lowest BCUT2D eigenvalue weighted by molar-refractivity contribution is 0.540. The summed E-state index contributed by atoms with van der Waals surface area (Å²) in [6.07, 6.45) is 1.79. The van der Waals surface area contributed by atoms with Crippen LogP contribution in [0.25, 0.3) is 0 Å². The largest absolute Gasteiger partial charge is 0.353 e. The molecule has 0 aromatic carbocycles. The molecule has 0 unspecified atom stereocenters. The standard InChI is InChI=1S/C10H14BrClN2/c1-10(2,7-12)14(3)9-5-4-8(11)6-13-9/h4-6H,7H2,1-3H3. The lowest BCUT2D eigenvalue weighted by atomic mass is 10.1. The Labute approximate surface area is 98.4 Å².